The molecule has 2 N–H and O–H groups in total. The first-order valence-corrected chi connectivity index (χ1v) is 8.52. The second-order valence-electron chi connectivity index (χ2n) is 5.86. The minimum absolute atomic E-state index is 0.239. The summed E-state index contributed by atoms with van der Waals surface area (Å²) in [7, 11) is 3.37. The average Bonchev–Trinajstić information content (AvgIpc) is 2.65. The van der Waals surface area contributed by atoms with E-state index >= 15 is 0 Å². The number of halogens is 1. The third-order valence-electron chi connectivity index (χ3n) is 3.81. The maximum Gasteiger partial charge on any atom is 0.191 e. The predicted molar refractivity (Wildman–Crippen MR) is 102 cm³/mol. The van der Waals surface area contributed by atoms with Crippen molar-refractivity contribution >= 4 is 5.96 Å². The highest BCUT2D eigenvalue weighted by Crippen LogP contribution is 2.20. The summed E-state index contributed by atoms with van der Waals surface area (Å²) in [5.74, 6) is 1.26. The maximum atomic E-state index is 13.0. The van der Waals surface area contributed by atoms with Gasteiger partial charge in [0.05, 0.1) is 6.61 Å². The first-order valence-electron chi connectivity index (χ1n) is 8.52. The SMILES string of the molecule is CN=C(NCc1ccc(F)cc1)NCc1ccc(C)cc1OCCOC. The van der Waals surface area contributed by atoms with E-state index in [0.29, 0.717) is 32.3 Å². The molecule has 0 amide bonds. The van der Waals surface area contributed by atoms with Gasteiger partial charge in [-0.1, -0.05) is 24.3 Å². The number of rotatable bonds is 8. The minimum atomic E-state index is -0.239. The molecule has 5 nitrogen and oxygen atoms in total. The van der Waals surface area contributed by atoms with Crippen LogP contribution in [-0.4, -0.2) is 33.3 Å². The topological polar surface area (TPSA) is 54.9 Å². The Morgan fingerprint density at radius 1 is 1.04 bits per heavy atom. The Morgan fingerprint density at radius 3 is 2.46 bits per heavy atom. The molecule has 0 radical (unpaired) electrons. The normalized spacial score (nSPS) is 11.3. The van der Waals surface area contributed by atoms with Crippen molar-refractivity contribution in [2.45, 2.75) is 20.0 Å². The molecule has 0 saturated carbocycles. The van der Waals surface area contributed by atoms with Crippen LogP contribution in [0.3, 0.4) is 0 Å². The molecule has 0 unspecified atom stereocenters. The number of hydrogen-bond donors (Lipinski definition) is 2. The Balaban J connectivity index is 1.91. The molecule has 6 heteroatoms. The lowest BCUT2D eigenvalue weighted by Crippen LogP contribution is -2.36. The molecule has 0 atom stereocenters. The van der Waals surface area contributed by atoms with Crippen molar-refractivity contribution in [2.75, 3.05) is 27.4 Å². The van der Waals surface area contributed by atoms with Gasteiger partial charge in [0.15, 0.2) is 5.96 Å². The molecule has 0 aliphatic rings. The summed E-state index contributed by atoms with van der Waals surface area (Å²) in [4.78, 5) is 4.22. The number of methoxy groups -OCH3 is 1. The van der Waals surface area contributed by atoms with E-state index in [1.54, 1.807) is 26.3 Å². The van der Waals surface area contributed by atoms with E-state index in [-0.39, 0.29) is 5.82 Å². The van der Waals surface area contributed by atoms with Gasteiger partial charge in [0, 0.05) is 32.8 Å². The van der Waals surface area contributed by atoms with Gasteiger partial charge in [0.2, 0.25) is 0 Å². The van der Waals surface area contributed by atoms with Crippen LogP contribution in [0.4, 0.5) is 4.39 Å². The first kappa shape index (κ1) is 19.7. The molecule has 0 aromatic heterocycles. The number of guanidine groups is 1. The molecule has 0 aliphatic carbocycles. The Hall–Kier alpha value is -2.60. The number of aryl methyl sites for hydroxylation is 1. The largest absolute Gasteiger partial charge is 0.491 e. The molecule has 0 spiro atoms. The van der Waals surface area contributed by atoms with E-state index in [1.807, 2.05) is 19.1 Å². The first-order chi connectivity index (χ1) is 12.6. The van der Waals surface area contributed by atoms with E-state index in [4.69, 9.17) is 9.47 Å². The monoisotopic (exact) mass is 359 g/mol. The molecule has 2 aromatic carbocycles. The molecule has 2 rings (SSSR count). The number of hydrogen-bond acceptors (Lipinski definition) is 3. The second-order valence-corrected chi connectivity index (χ2v) is 5.86. The molecule has 0 fully saturated rings. The van der Waals surface area contributed by atoms with E-state index in [1.165, 1.54) is 12.1 Å². The van der Waals surface area contributed by atoms with Crippen molar-refractivity contribution in [1.29, 1.82) is 0 Å². The Bertz CT molecular complexity index is 717. The highest BCUT2D eigenvalue weighted by atomic mass is 19.1. The van der Waals surface area contributed by atoms with Gasteiger partial charge in [0.25, 0.3) is 0 Å². The van der Waals surface area contributed by atoms with Crippen LogP contribution >= 0.6 is 0 Å². The van der Waals surface area contributed by atoms with E-state index in [2.05, 4.69) is 21.7 Å². The van der Waals surface area contributed by atoms with Gasteiger partial charge in [-0.05, 0) is 36.2 Å². The molecule has 140 valence electrons. The fraction of sp³-hybridized carbons (Fsp3) is 0.350. The maximum absolute atomic E-state index is 13.0. The van der Waals surface area contributed by atoms with Crippen LogP contribution in [0.1, 0.15) is 16.7 Å². The Morgan fingerprint density at radius 2 is 1.77 bits per heavy atom. The van der Waals surface area contributed by atoms with Crippen LogP contribution < -0.4 is 15.4 Å². The number of nitrogens with one attached hydrogen (secondary N) is 2. The van der Waals surface area contributed by atoms with E-state index in [0.717, 1.165) is 22.4 Å². The second kappa shape index (κ2) is 10.4. The lowest BCUT2D eigenvalue weighted by Gasteiger charge is -2.15. The molecule has 26 heavy (non-hydrogen) atoms. The molecule has 2 aromatic rings. The van der Waals surface area contributed by atoms with Gasteiger partial charge in [-0.15, -0.1) is 0 Å². The third-order valence-corrected chi connectivity index (χ3v) is 3.81. The lowest BCUT2D eigenvalue weighted by molar-refractivity contribution is 0.145. The van der Waals surface area contributed by atoms with Crippen molar-refractivity contribution in [3.63, 3.8) is 0 Å². The Labute approximate surface area is 154 Å². The summed E-state index contributed by atoms with van der Waals surface area (Å²) in [6.07, 6.45) is 0. The minimum Gasteiger partial charge on any atom is -0.491 e. The summed E-state index contributed by atoms with van der Waals surface area (Å²) >= 11 is 0. The standard InChI is InChI=1S/C20H26FN3O2/c1-15-4-7-17(19(12-15)26-11-10-25-3)14-24-20(22-2)23-13-16-5-8-18(21)9-6-16/h4-9,12H,10-11,13-14H2,1-3H3,(H2,22,23,24). The number of nitrogens with zero attached hydrogens (tertiary/aromatic N) is 1. The zero-order valence-electron chi connectivity index (χ0n) is 15.5. The van der Waals surface area contributed by atoms with Gasteiger partial charge in [-0.3, -0.25) is 4.99 Å². The molecule has 0 bridgehead atoms. The molecule has 0 saturated heterocycles. The van der Waals surface area contributed by atoms with Crippen molar-refractivity contribution in [2.24, 2.45) is 4.99 Å². The third kappa shape index (κ3) is 6.37. The summed E-state index contributed by atoms with van der Waals surface area (Å²) in [6, 6.07) is 12.5. The van der Waals surface area contributed by atoms with Crippen LogP contribution in [0, 0.1) is 12.7 Å². The van der Waals surface area contributed by atoms with Crippen molar-refractivity contribution in [1.82, 2.24) is 10.6 Å². The van der Waals surface area contributed by atoms with Gasteiger partial charge in [-0.2, -0.15) is 0 Å². The summed E-state index contributed by atoms with van der Waals surface area (Å²) in [6.45, 7) is 4.21. The van der Waals surface area contributed by atoms with Gasteiger partial charge in [-0.25, -0.2) is 4.39 Å². The van der Waals surface area contributed by atoms with Crippen LogP contribution in [-0.2, 0) is 17.8 Å². The average molecular weight is 359 g/mol. The molecular formula is C20H26FN3O2. The van der Waals surface area contributed by atoms with Gasteiger partial charge in [0.1, 0.15) is 18.2 Å². The highest BCUT2D eigenvalue weighted by molar-refractivity contribution is 5.79. The van der Waals surface area contributed by atoms with Gasteiger partial charge >= 0.3 is 0 Å². The van der Waals surface area contributed by atoms with Crippen LogP contribution in [0.15, 0.2) is 47.5 Å². The van der Waals surface area contributed by atoms with E-state index in [9.17, 15) is 4.39 Å². The fourth-order valence-electron chi connectivity index (χ4n) is 2.36. The molecular weight excluding hydrogens is 333 g/mol. The van der Waals surface area contributed by atoms with E-state index < -0.39 is 0 Å². The summed E-state index contributed by atoms with van der Waals surface area (Å²) in [5.41, 5.74) is 3.16. The van der Waals surface area contributed by atoms with Crippen molar-refractivity contribution in [3.05, 3.63) is 65.0 Å². The van der Waals surface area contributed by atoms with Gasteiger partial charge < -0.3 is 20.1 Å². The zero-order valence-corrected chi connectivity index (χ0v) is 15.5. The molecule has 0 aliphatic heterocycles. The predicted octanol–water partition coefficient (Wildman–Crippen LogP) is 3.02. The lowest BCUT2D eigenvalue weighted by atomic mass is 10.1. The highest BCUT2D eigenvalue weighted by Gasteiger charge is 2.06. The number of ether oxygens (including phenoxy) is 2. The summed E-state index contributed by atoms with van der Waals surface area (Å²) < 4.78 is 23.8. The van der Waals surface area contributed by atoms with Crippen LogP contribution in [0.2, 0.25) is 0 Å². The van der Waals surface area contributed by atoms with Crippen LogP contribution in [0.25, 0.3) is 0 Å². The quantitative estimate of drug-likeness (QED) is 0.432. The smallest absolute Gasteiger partial charge is 0.191 e. The number of benzene rings is 2. The molecule has 0 heterocycles. The zero-order chi connectivity index (χ0) is 18.8. The number of aliphatic imine (C=N–C) groups is 1. The van der Waals surface area contributed by atoms with Crippen LogP contribution in [0.5, 0.6) is 5.75 Å². The van der Waals surface area contributed by atoms with Crippen molar-refractivity contribution in [3.8, 4) is 5.75 Å². The summed E-state index contributed by atoms with van der Waals surface area (Å²) in [5, 5.41) is 6.49. The van der Waals surface area contributed by atoms with Crippen molar-refractivity contribution < 1.29 is 13.9 Å². The Kier molecular flexibility index (Phi) is 7.89. The fourth-order valence-corrected chi connectivity index (χ4v) is 2.36.